The highest BCUT2D eigenvalue weighted by Crippen LogP contribution is 2.11. The Morgan fingerprint density at radius 1 is 1.23 bits per heavy atom. The summed E-state index contributed by atoms with van der Waals surface area (Å²) in [6.07, 6.45) is 0.178. The van der Waals surface area contributed by atoms with Gasteiger partial charge in [-0.2, -0.15) is 4.68 Å². The van der Waals surface area contributed by atoms with Crippen LogP contribution in [-0.2, 0) is 11.2 Å². The van der Waals surface area contributed by atoms with Crippen molar-refractivity contribution in [2.24, 2.45) is 0 Å². The molecule has 6 heteroatoms. The van der Waals surface area contributed by atoms with Gasteiger partial charge in [-0.15, -0.1) is 0 Å². The Labute approximate surface area is 126 Å². The zero-order valence-corrected chi connectivity index (χ0v) is 12.3. The molecule has 0 spiro atoms. The van der Waals surface area contributed by atoms with Gasteiger partial charge in [-0.05, 0) is 37.1 Å². The standard InChI is InChI=1S/C16H15N3O3/c1-10-5-3-4-6-12(10)9-14(20)18-19-15-13(22-16(19)21)8-7-11(2)17-15/h3-8H,9H2,1-2H3,(H,18,20). The molecular formula is C16H15N3O3. The number of carbonyl (C=O) groups is 1. The Kier molecular flexibility index (Phi) is 3.50. The number of nitrogens with zero attached hydrogens (tertiary/aromatic N) is 2. The molecule has 22 heavy (non-hydrogen) atoms. The molecule has 0 saturated heterocycles. The number of carbonyl (C=O) groups excluding carboxylic acids is 1. The van der Waals surface area contributed by atoms with Crippen LogP contribution in [0.1, 0.15) is 16.8 Å². The molecule has 1 aromatic carbocycles. The molecule has 0 aliphatic heterocycles. The maximum absolute atomic E-state index is 12.2. The fourth-order valence-corrected chi connectivity index (χ4v) is 2.24. The molecular weight excluding hydrogens is 282 g/mol. The molecule has 112 valence electrons. The van der Waals surface area contributed by atoms with E-state index in [1.54, 1.807) is 19.1 Å². The van der Waals surface area contributed by atoms with Crippen LogP contribution in [0.4, 0.5) is 0 Å². The van der Waals surface area contributed by atoms with E-state index in [9.17, 15) is 9.59 Å². The summed E-state index contributed by atoms with van der Waals surface area (Å²) in [6, 6.07) is 11.0. The molecule has 3 aromatic rings. The van der Waals surface area contributed by atoms with E-state index in [-0.39, 0.29) is 12.3 Å². The molecule has 0 aliphatic rings. The van der Waals surface area contributed by atoms with Gasteiger partial charge < -0.3 is 4.42 Å². The van der Waals surface area contributed by atoms with Crippen LogP contribution in [0.2, 0.25) is 0 Å². The Hall–Kier alpha value is -2.89. The molecule has 0 atom stereocenters. The van der Waals surface area contributed by atoms with Gasteiger partial charge in [0, 0.05) is 5.69 Å². The molecule has 0 unspecified atom stereocenters. The first-order chi connectivity index (χ1) is 10.5. The number of benzene rings is 1. The minimum absolute atomic E-state index is 0.178. The summed E-state index contributed by atoms with van der Waals surface area (Å²) < 4.78 is 6.10. The number of nitrogens with one attached hydrogen (secondary N) is 1. The second-order valence-corrected chi connectivity index (χ2v) is 5.12. The fraction of sp³-hybridized carbons (Fsp3) is 0.188. The van der Waals surface area contributed by atoms with Crippen molar-refractivity contribution in [2.75, 3.05) is 5.43 Å². The van der Waals surface area contributed by atoms with E-state index in [0.29, 0.717) is 11.2 Å². The fourth-order valence-electron chi connectivity index (χ4n) is 2.24. The summed E-state index contributed by atoms with van der Waals surface area (Å²) in [5.74, 6) is -0.964. The van der Waals surface area contributed by atoms with E-state index in [1.165, 1.54) is 0 Å². The molecule has 3 rings (SSSR count). The van der Waals surface area contributed by atoms with Crippen LogP contribution in [-0.4, -0.2) is 15.6 Å². The third-order valence-corrected chi connectivity index (χ3v) is 3.42. The second kappa shape index (κ2) is 5.48. The molecule has 0 bridgehead atoms. The summed E-state index contributed by atoms with van der Waals surface area (Å²) in [5.41, 5.74) is 5.86. The number of hydrogen-bond donors (Lipinski definition) is 1. The number of fused-ring (bicyclic) bond motifs is 1. The van der Waals surface area contributed by atoms with Crippen molar-refractivity contribution in [1.29, 1.82) is 0 Å². The monoisotopic (exact) mass is 297 g/mol. The average molecular weight is 297 g/mol. The molecule has 1 N–H and O–H groups in total. The predicted octanol–water partition coefficient (Wildman–Crippen LogP) is 1.92. The summed E-state index contributed by atoms with van der Waals surface area (Å²) in [5, 5.41) is 0. The summed E-state index contributed by atoms with van der Waals surface area (Å²) >= 11 is 0. The quantitative estimate of drug-likeness (QED) is 0.801. The Bertz CT molecular complexity index is 908. The highest BCUT2D eigenvalue weighted by Gasteiger charge is 2.14. The van der Waals surface area contributed by atoms with E-state index in [1.807, 2.05) is 31.2 Å². The van der Waals surface area contributed by atoms with Crippen molar-refractivity contribution < 1.29 is 9.21 Å². The number of hydrogen-bond acceptors (Lipinski definition) is 4. The summed E-state index contributed by atoms with van der Waals surface area (Å²) in [6.45, 7) is 3.74. The van der Waals surface area contributed by atoms with E-state index < -0.39 is 5.76 Å². The van der Waals surface area contributed by atoms with Gasteiger partial charge in [0.1, 0.15) is 0 Å². The van der Waals surface area contributed by atoms with Crippen LogP contribution in [0.15, 0.2) is 45.6 Å². The van der Waals surface area contributed by atoms with Crippen molar-refractivity contribution in [3.63, 3.8) is 0 Å². The number of amides is 1. The van der Waals surface area contributed by atoms with E-state index >= 15 is 0 Å². The molecule has 2 aromatic heterocycles. The first-order valence-corrected chi connectivity index (χ1v) is 6.88. The lowest BCUT2D eigenvalue weighted by Gasteiger charge is -2.07. The van der Waals surface area contributed by atoms with Crippen molar-refractivity contribution in [2.45, 2.75) is 20.3 Å². The van der Waals surface area contributed by atoms with Gasteiger partial charge in [-0.25, -0.2) is 9.78 Å². The highest BCUT2D eigenvalue weighted by molar-refractivity contribution is 5.87. The lowest BCUT2D eigenvalue weighted by Crippen LogP contribution is -2.31. The molecule has 0 aliphatic carbocycles. The Balaban J connectivity index is 1.88. The van der Waals surface area contributed by atoms with E-state index in [4.69, 9.17) is 4.42 Å². The topological polar surface area (TPSA) is 77.1 Å². The lowest BCUT2D eigenvalue weighted by molar-refractivity contribution is -0.116. The lowest BCUT2D eigenvalue weighted by atomic mass is 10.1. The first-order valence-electron chi connectivity index (χ1n) is 6.88. The molecule has 0 radical (unpaired) electrons. The number of aromatic nitrogens is 2. The Morgan fingerprint density at radius 3 is 2.77 bits per heavy atom. The van der Waals surface area contributed by atoms with Crippen LogP contribution in [0, 0.1) is 13.8 Å². The van der Waals surface area contributed by atoms with Gasteiger partial charge in [0.2, 0.25) is 11.6 Å². The Morgan fingerprint density at radius 2 is 2.00 bits per heavy atom. The summed E-state index contributed by atoms with van der Waals surface area (Å²) in [7, 11) is 0. The molecule has 0 saturated carbocycles. The second-order valence-electron chi connectivity index (χ2n) is 5.12. The predicted molar refractivity (Wildman–Crippen MR) is 82.3 cm³/mol. The number of rotatable bonds is 3. The SMILES string of the molecule is Cc1ccc2oc(=O)n(NC(=O)Cc3ccccc3C)c2n1. The zero-order chi connectivity index (χ0) is 15.7. The van der Waals surface area contributed by atoms with Crippen molar-refractivity contribution in [3.8, 4) is 0 Å². The molecule has 1 amide bonds. The average Bonchev–Trinajstić information content (AvgIpc) is 2.77. The van der Waals surface area contributed by atoms with E-state index in [0.717, 1.165) is 21.5 Å². The van der Waals surface area contributed by atoms with Gasteiger partial charge in [0.05, 0.1) is 6.42 Å². The van der Waals surface area contributed by atoms with Gasteiger partial charge >= 0.3 is 5.76 Å². The van der Waals surface area contributed by atoms with Crippen molar-refractivity contribution in [3.05, 3.63) is 63.8 Å². The normalized spacial score (nSPS) is 10.8. The van der Waals surface area contributed by atoms with Gasteiger partial charge in [0.15, 0.2) is 5.58 Å². The molecule has 0 fully saturated rings. The number of oxazole rings is 1. The van der Waals surface area contributed by atoms with Crippen LogP contribution >= 0.6 is 0 Å². The molecule has 2 heterocycles. The molecule has 6 nitrogen and oxygen atoms in total. The minimum Gasteiger partial charge on any atom is -0.405 e. The van der Waals surface area contributed by atoms with E-state index in [2.05, 4.69) is 10.4 Å². The van der Waals surface area contributed by atoms with Gasteiger partial charge in [-0.3, -0.25) is 10.2 Å². The van der Waals surface area contributed by atoms with Gasteiger partial charge in [-0.1, -0.05) is 24.3 Å². The maximum atomic E-state index is 12.2. The van der Waals surface area contributed by atoms with Crippen LogP contribution < -0.4 is 11.2 Å². The van der Waals surface area contributed by atoms with Crippen molar-refractivity contribution >= 4 is 17.1 Å². The summed E-state index contributed by atoms with van der Waals surface area (Å²) in [4.78, 5) is 28.2. The largest absolute Gasteiger partial charge is 0.440 e. The van der Waals surface area contributed by atoms with Crippen LogP contribution in [0.5, 0.6) is 0 Å². The first kappa shape index (κ1) is 14.1. The van der Waals surface area contributed by atoms with Gasteiger partial charge in [0.25, 0.3) is 0 Å². The third-order valence-electron chi connectivity index (χ3n) is 3.42. The third kappa shape index (κ3) is 2.63. The number of aryl methyl sites for hydroxylation is 2. The van der Waals surface area contributed by atoms with Crippen molar-refractivity contribution in [1.82, 2.24) is 9.66 Å². The minimum atomic E-state index is -0.661. The highest BCUT2D eigenvalue weighted by atomic mass is 16.4. The smallest absolute Gasteiger partial charge is 0.405 e. The number of pyridine rings is 1. The zero-order valence-electron chi connectivity index (χ0n) is 12.3. The maximum Gasteiger partial charge on any atom is 0.440 e. The van der Waals surface area contributed by atoms with Crippen LogP contribution in [0.3, 0.4) is 0 Å². The van der Waals surface area contributed by atoms with Crippen LogP contribution in [0.25, 0.3) is 11.2 Å².